The highest BCUT2D eigenvalue weighted by Crippen LogP contribution is 2.37. The lowest BCUT2D eigenvalue weighted by atomic mass is 10.0. The zero-order valence-electron chi connectivity index (χ0n) is 15.9. The number of ether oxygens (including phenoxy) is 2. The fourth-order valence-corrected chi connectivity index (χ4v) is 3.74. The lowest BCUT2D eigenvalue weighted by Crippen LogP contribution is -2.37. The number of aryl methyl sites for hydroxylation is 1. The maximum Gasteiger partial charge on any atom is 0.229 e. The van der Waals surface area contributed by atoms with Gasteiger partial charge in [0.05, 0.1) is 25.8 Å². The molecule has 0 aliphatic carbocycles. The largest absolute Gasteiger partial charge is 0.493 e. The molecule has 0 unspecified atom stereocenters. The van der Waals surface area contributed by atoms with Crippen LogP contribution in [0.2, 0.25) is 5.02 Å². The predicted molar refractivity (Wildman–Crippen MR) is 112 cm³/mol. The Labute approximate surface area is 169 Å². The van der Waals surface area contributed by atoms with E-state index in [1.54, 1.807) is 20.4 Å². The Hall–Kier alpha value is -3.11. The van der Waals surface area contributed by atoms with E-state index in [2.05, 4.69) is 28.6 Å². The molecule has 0 fully saturated rings. The van der Waals surface area contributed by atoms with E-state index in [-0.39, 0.29) is 0 Å². The monoisotopic (exact) mass is 391 g/mol. The smallest absolute Gasteiger partial charge is 0.229 e. The first-order valence-electron chi connectivity index (χ1n) is 8.90. The zero-order chi connectivity index (χ0) is 19.7. The number of hydrogen-bond donors (Lipinski definition) is 0. The SMILES string of the molecule is COc1cc2cc(C)[n+](-c3cccnc3)c(-c3cccc(Cl)c3)c2cc1OC. The summed E-state index contributed by atoms with van der Waals surface area (Å²) in [7, 11) is 3.29. The Morgan fingerprint density at radius 1 is 0.929 bits per heavy atom. The van der Waals surface area contributed by atoms with Gasteiger partial charge in [-0.3, -0.25) is 4.98 Å². The summed E-state index contributed by atoms with van der Waals surface area (Å²) >= 11 is 6.32. The first kappa shape index (κ1) is 18.3. The van der Waals surface area contributed by atoms with Crippen LogP contribution < -0.4 is 14.0 Å². The number of nitrogens with zero attached hydrogens (tertiary/aromatic N) is 2. The van der Waals surface area contributed by atoms with Gasteiger partial charge in [0.25, 0.3) is 0 Å². The maximum absolute atomic E-state index is 6.32. The summed E-state index contributed by atoms with van der Waals surface area (Å²) < 4.78 is 13.3. The number of benzene rings is 2. The van der Waals surface area contributed by atoms with Gasteiger partial charge < -0.3 is 9.47 Å². The van der Waals surface area contributed by atoms with Crippen molar-refractivity contribution in [3.05, 3.63) is 77.7 Å². The second-order valence-corrected chi connectivity index (χ2v) is 6.92. The number of aromatic nitrogens is 2. The summed E-state index contributed by atoms with van der Waals surface area (Å²) in [5.74, 6) is 1.38. The number of methoxy groups -OCH3 is 2. The molecular weight excluding hydrogens is 372 g/mol. The van der Waals surface area contributed by atoms with E-state index >= 15 is 0 Å². The third-order valence-electron chi connectivity index (χ3n) is 4.75. The van der Waals surface area contributed by atoms with Crippen LogP contribution >= 0.6 is 11.6 Å². The fraction of sp³-hybridized carbons (Fsp3) is 0.130. The lowest BCUT2D eigenvalue weighted by molar-refractivity contribution is -0.589. The summed E-state index contributed by atoms with van der Waals surface area (Å²) in [6, 6.07) is 18.0. The fourth-order valence-electron chi connectivity index (χ4n) is 3.54. The molecule has 2 aromatic carbocycles. The van der Waals surface area contributed by atoms with Gasteiger partial charge in [-0.25, -0.2) is 0 Å². The van der Waals surface area contributed by atoms with E-state index < -0.39 is 0 Å². The van der Waals surface area contributed by atoms with Crippen LogP contribution in [0.3, 0.4) is 0 Å². The van der Waals surface area contributed by atoms with Crippen LogP contribution in [0.25, 0.3) is 27.7 Å². The molecule has 0 atom stereocenters. The number of halogens is 1. The molecule has 4 nitrogen and oxygen atoms in total. The van der Waals surface area contributed by atoms with Crippen LogP contribution in [0.4, 0.5) is 0 Å². The van der Waals surface area contributed by atoms with E-state index in [1.807, 2.05) is 48.7 Å². The summed E-state index contributed by atoms with van der Waals surface area (Å²) in [6.07, 6.45) is 3.63. The number of hydrogen-bond acceptors (Lipinski definition) is 3. The van der Waals surface area contributed by atoms with Crippen molar-refractivity contribution in [3.63, 3.8) is 0 Å². The molecule has 4 rings (SSSR count). The Kier molecular flexibility index (Phi) is 4.88. The van der Waals surface area contributed by atoms with E-state index in [4.69, 9.17) is 21.1 Å². The van der Waals surface area contributed by atoms with Crippen molar-refractivity contribution in [3.8, 4) is 28.4 Å². The van der Waals surface area contributed by atoms with Gasteiger partial charge in [-0.2, -0.15) is 4.57 Å². The zero-order valence-corrected chi connectivity index (χ0v) is 16.7. The average Bonchev–Trinajstić information content (AvgIpc) is 2.72. The average molecular weight is 392 g/mol. The van der Waals surface area contributed by atoms with E-state index in [0.717, 1.165) is 33.4 Å². The molecule has 0 radical (unpaired) electrons. The minimum atomic E-state index is 0.680. The number of rotatable bonds is 4. The van der Waals surface area contributed by atoms with Crippen LogP contribution in [-0.4, -0.2) is 19.2 Å². The van der Waals surface area contributed by atoms with Crippen molar-refractivity contribution in [2.45, 2.75) is 6.92 Å². The third-order valence-corrected chi connectivity index (χ3v) is 4.99. The molecule has 0 saturated heterocycles. The van der Waals surface area contributed by atoms with E-state index in [9.17, 15) is 0 Å². The molecule has 0 N–H and O–H groups in total. The molecule has 5 heteroatoms. The van der Waals surface area contributed by atoms with E-state index in [1.165, 1.54) is 0 Å². The molecule has 2 heterocycles. The van der Waals surface area contributed by atoms with Crippen LogP contribution in [0, 0.1) is 6.92 Å². The van der Waals surface area contributed by atoms with E-state index in [0.29, 0.717) is 16.5 Å². The molecule has 0 saturated carbocycles. The summed E-state index contributed by atoms with van der Waals surface area (Å²) in [4.78, 5) is 4.30. The molecule has 2 aromatic heterocycles. The first-order valence-corrected chi connectivity index (χ1v) is 9.28. The molecule has 0 aliphatic rings. The third kappa shape index (κ3) is 3.16. The molecule has 0 amide bonds. The Morgan fingerprint density at radius 2 is 1.71 bits per heavy atom. The highest BCUT2D eigenvalue weighted by molar-refractivity contribution is 6.30. The van der Waals surface area contributed by atoms with Crippen molar-refractivity contribution in [1.82, 2.24) is 4.98 Å². The van der Waals surface area contributed by atoms with Crippen LogP contribution in [0.1, 0.15) is 5.69 Å². The second kappa shape index (κ2) is 7.49. The van der Waals surface area contributed by atoms with Crippen LogP contribution in [0.15, 0.2) is 67.0 Å². The predicted octanol–water partition coefficient (Wildman–Crippen LogP) is 5.16. The Balaban J connectivity index is 2.16. The van der Waals surface area contributed by atoms with Gasteiger partial charge in [0.15, 0.2) is 17.2 Å². The summed E-state index contributed by atoms with van der Waals surface area (Å²) in [5, 5.41) is 2.78. The van der Waals surface area contributed by atoms with Gasteiger partial charge >= 0.3 is 0 Å². The van der Waals surface area contributed by atoms with Crippen molar-refractivity contribution >= 4 is 22.4 Å². The van der Waals surface area contributed by atoms with Crippen LogP contribution in [0.5, 0.6) is 11.5 Å². The van der Waals surface area contributed by atoms with Crippen molar-refractivity contribution < 1.29 is 14.0 Å². The standard InChI is InChI=1S/C23H20ClN2O2/c1-15-10-17-12-21(27-2)22(28-3)13-20(17)23(16-6-4-7-18(24)11-16)26(15)19-8-5-9-25-14-19/h4-14H,1-3H3/q+1. The summed E-state index contributed by atoms with van der Waals surface area (Å²) in [6.45, 7) is 2.08. The number of fused-ring (bicyclic) bond motifs is 1. The van der Waals surface area contributed by atoms with Crippen molar-refractivity contribution in [1.29, 1.82) is 0 Å². The van der Waals surface area contributed by atoms with Crippen molar-refractivity contribution in [2.24, 2.45) is 0 Å². The van der Waals surface area contributed by atoms with Gasteiger partial charge in [-0.15, -0.1) is 0 Å². The minimum Gasteiger partial charge on any atom is -0.493 e. The molecule has 28 heavy (non-hydrogen) atoms. The van der Waals surface area contributed by atoms with Gasteiger partial charge in [0.2, 0.25) is 11.4 Å². The Bertz CT molecular complexity index is 1160. The van der Waals surface area contributed by atoms with Crippen LogP contribution in [-0.2, 0) is 0 Å². The quantitative estimate of drug-likeness (QED) is 0.451. The second-order valence-electron chi connectivity index (χ2n) is 6.49. The highest BCUT2D eigenvalue weighted by atomic mass is 35.5. The molecule has 0 bridgehead atoms. The van der Waals surface area contributed by atoms with Gasteiger partial charge in [-0.05, 0) is 41.8 Å². The normalized spacial score (nSPS) is 10.9. The molecule has 0 aliphatic heterocycles. The molecular formula is C23H20ClN2O2+. The maximum atomic E-state index is 6.32. The molecule has 0 spiro atoms. The lowest BCUT2D eigenvalue weighted by Gasteiger charge is -2.13. The topological polar surface area (TPSA) is 35.2 Å². The molecule has 140 valence electrons. The van der Waals surface area contributed by atoms with Gasteiger partial charge in [0, 0.05) is 35.8 Å². The van der Waals surface area contributed by atoms with Gasteiger partial charge in [-0.1, -0.05) is 17.7 Å². The highest BCUT2D eigenvalue weighted by Gasteiger charge is 2.25. The summed E-state index contributed by atoms with van der Waals surface area (Å²) in [5.41, 5.74) is 4.08. The number of pyridine rings is 2. The molecule has 4 aromatic rings. The van der Waals surface area contributed by atoms with Crippen molar-refractivity contribution in [2.75, 3.05) is 14.2 Å². The Morgan fingerprint density at radius 3 is 2.39 bits per heavy atom. The minimum absolute atomic E-state index is 0.680. The first-order chi connectivity index (χ1) is 13.6. The van der Waals surface area contributed by atoms with Gasteiger partial charge in [0.1, 0.15) is 0 Å².